The monoisotopic (exact) mass is 188 g/mol. The molecule has 4 heteroatoms. The minimum atomic E-state index is -1.21. The quantitative estimate of drug-likeness (QED) is 0.482. The molecule has 0 spiro atoms. The van der Waals surface area contributed by atoms with Crippen molar-refractivity contribution in [2.24, 2.45) is 0 Å². The average molecular weight is 188 g/mol. The molecule has 1 aromatic carbocycles. The maximum atomic E-state index is 10.3. The van der Waals surface area contributed by atoms with Crippen LogP contribution < -0.4 is 39.4 Å². The third-order valence-corrected chi connectivity index (χ3v) is 1.39. The molecule has 13 heavy (non-hydrogen) atoms. The molecule has 3 nitrogen and oxygen atoms in total. The zero-order valence-electron chi connectivity index (χ0n) is 7.69. The molecule has 0 aliphatic rings. The Balaban J connectivity index is 0.00000144. The molecule has 0 aliphatic heterocycles. The van der Waals surface area contributed by atoms with E-state index < -0.39 is 12.1 Å². The van der Waals surface area contributed by atoms with Gasteiger partial charge in [-0.3, -0.25) is 0 Å². The SMILES string of the molecule is C[C@H](Oc1ccccc1)C(=O)[O-].[Na+]. The van der Waals surface area contributed by atoms with Gasteiger partial charge in [0.25, 0.3) is 0 Å². The van der Waals surface area contributed by atoms with Gasteiger partial charge in [-0.05, 0) is 19.1 Å². The summed E-state index contributed by atoms with van der Waals surface area (Å²) in [6.45, 7) is 1.43. The Labute approximate surface area is 99.0 Å². The molecule has 0 amide bonds. The van der Waals surface area contributed by atoms with E-state index in [1.807, 2.05) is 6.07 Å². The molecule has 1 atom stereocenters. The second kappa shape index (κ2) is 6.02. The first-order valence-corrected chi connectivity index (χ1v) is 3.62. The van der Waals surface area contributed by atoms with E-state index in [1.54, 1.807) is 24.3 Å². The largest absolute Gasteiger partial charge is 1.00 e. The third-order valence-electron chi connectivity index (χ3n) is 1.39. The number of ether oxygens (including phenoxy) is 1. The summed E-state index contributed by atoms with van der Waals surface area (Å²) >= 11 is 0. The molecule has 0 saturated carbocycles. The van der Waals surface area contributed by atoms with Crippen LogP contribution in [0.3, 0.4) is 0 Å². The Morgan fingerprint density at radius 1 is 1.38 bits per heavy atom. The molecule has 0 saturated heterocycles. The fourth-order valence-corrected chi connectivity index (χ4v) is 0.751. The van der Waals surface area contributed by atoms with E-state index in [1.165, 1.54) is 6.92 Å². The van der Waals surface area contributed by atoms with Gasteiger partial charge in [-0.15, -0.1) is 0 Å². The van der Waals surface area contributed by atoms with E-state index >= 15 is 0 Å². The van der Waals surface area contributed by atoms with E-state index in [0.29, 0.717) is 5.75 Å². The van der Waals surface area contributed by atoms with E-state index in [9.17, 15) is 9.90 Å². The molecule has 1 aromatic rings. The summed E-state index contributed by atoms with van der Waals surface area (Å²) in [5.74, 6) is -0.673. The molecule has 0 N–H and O–H groups in total. The zero-order chi connectivity index (χ0) is 8.97. The first kappa shape index (κ1) is 12.5. The third kappa shape index (κ3) is 4.31. The van der Waals surface area contributed by atoms with Gasteiger partial charge < -0.3 is 14.6 Å². The molecule has 0 heterocycles. The van der Waals surface area contributed by atoms with E-state index in [-0.39, 0.29) is 29.6 Å². The van der Waals surface area contributed by atoms with Crippen LogP contribution in [0.2, 0.25) is 0 Å². The molecule has 0 radical (unpaired) electrons. The van der Waals surface area contributed by atoms with E-state index in [0.717, 1.165) is 0 Å². The van der Waals surface area contributed by atoms with Crippen molar-refractivity contribution < 1.29 is 44.2 Å². The van der Waals surface area contributed by atoms with Crippen LogP contribution in [0.5, 0.6) is 5.75 Å². The average Bonchev–Trinajstić information content (AvgIpc) is 2.06. The summed E-state index contributed by atoms with van der Waals surface area (Å²) < 4.78 is 5.01. The summed E-state index contributed by atoms with van der Waals surface area (Å²) in [7, 11) is 0. The molecular weight excluding hydrogens is 179 g/mol. The van der Waals surface area contributed by atoms with Crippen LogP contribution in [0.1, 0.15) is 6.92 Å². The molecule has 0 aliphatic carbocycles. The summed E-state index contributed by atoms with van der Waals surface area (Å²) in [4.78, 5) is 10.3. The van der Waals surface area contributed by atoms with Crippen LogP contribution in [-0.4, -0.2) is 12.1 Å². The number of carboxylic acid groups (broad SMARTS) is 1. The predicted molar refractivity (Wildman–Crippen MR) is 41.5 cm³/mol. The van der Waals surface area contributed by atoms with Crippen molar-refractivity contribution in [3.63, 3.8) is 0 Å². The van der Waals surface area contributed by atoms with E-state index in [2.05, 4.69) is 0 Å². The minimum Gasteiger partial charge on any atom is -0.546 e. The number of carbonyl (C=O) groups is 1. The van der Waals surface area contributed by atoms with Gasteiger partial charge in [0.15, 0.2) is 0 Å². The number of hydrogen-bond donors (Lipinski definition) is 0. The van der Waals surface area contributed by atoms with Crippen molar-refractivity contribution >= 4 is 5.97 Å². The van der Waals surface area contributed by atoms with Crippen molar-refractivity contribution in [1.82, 2.24) is 0 Å². The van der Waals surface area contributed by atoms with Crippen molar-refractivity contribution in [3.8, 4) is 5.75 Å². The molecule has 64 valence electrons. The van der Waals surface area contributed by atoms with Gasteiger partial charge in [0.2, 0.25) is 0 Å². The maximum Gasteiger partial charge on any atom is 1.00 e. The molecule has 0 fully saturated rings. The van der Waals surface area contributed by atoms with Crippen LogP contribution in [-0.2, 0) is 4.79 Å². The van der Waals surface area contributed by atoms with Crippen LogP contribution in [0, 0.1) is 0 Å². The number of carbonyl (C=O) groups excluding carboxylic acids is 1. The number of rotatable bonds is 3. The molecule has 0 aromatic heterocycles. The van der Waals surface area contributed by atoms with Gasteiger partial charge in [0, 0.05) is 0 Å². The van der Waals surface area contributed by atoms with Gasteiger partial charge in [-0.2, -0.15) is 0 Å². The van der Waals surface area contributed by atoms with Crippen LogP contribution in [0.4, 0.5) is 0 Å². The smallest absolute Gasteiger partial charge is 0.546 e. The second-order valence-electron chi connectivity index (χ2n) is 2.39. The summed E-state index contributed by atoms with van der Waals surface area (Å²) in [6.07, 6.45) is -0.910. The zero-order valence-corrected chi connectivity index (χ0v) is 9.69. The second-order valence-corrected chi connectivity index (χ2v) is 2.39. The number of carboxylic acids is 1. The topological polar surface area (TPSA) is 49.4 Å². The first-order valence-electron chi connectivity index (χ1n) is 3.62. The Bertz CT molecular complexity index is 261. The van der Waals surface area contributed by atoms with Gasteiger partial charge in [0.1, 0.15) is 11.9 Å². The number of hydrogen-bond acceptors (Lipinski definition) is 3. The van der Waals surface area contributed by atoms with Crippen molar-refractivity contribution in [1.29, 1.82) is 0 Å². The normalized spacial score (nSPS) is 11.2. The molecule has 0 bridgehead atoms. The van der Waals surface area contributed by atoms with Crippen molar-refractivity contribution in [2.75, 3.05) is 0 Å². The van der Waals surface area contributed by atoms with Crippen LogP contribution >= 0.6 is 0 Å². The Kier molecular flexibility index (Phi) is 5.79. The Hall–Kier alpha value is -0.510. The van der Waals surface area contributed by atoms with Crippen LogP contribution in [0.15, 0.2) is 30.3 Å². The molecule has 1 rings (SSSR count). The van der Waals surface area contributed by atoms with Gasteiger partial charge >= 0.3 is 29.6 Å². The van der Waals surface area contributed by atoms with Crippen LogP contribution in [0.25, 0.3) is 0 Å². The van der Waals surface area contributed by atoms with E-state index in [4.69, 9.17) is 4.74 Å². The number of aliphatic carboxylic acids is 1. The van der Waals surface area contributed by atoms with Gasteiger partial charge in [0.05, 0.1) is 5.97 Å². The standard InChI is InChI=1S/C9H10O3.Na/c1-7(9(10)11)12-8-5-3-2-4-6-8;/h2-7H,1H3,(H,10,11);/q;+1/p-1/t7-;/m0./s1. The number of benzene rings is 1. The summed E-state index contributed by atoms with van der Waals surface area (Å²) in [5, 5.41) is 10.3. The van der Waals surface area contributed by atoms with Crippen molar-refractivity contribution in [3.05, 3.63) is 30.3 Å². The Morgan fingerprint density at radius 2 is 1.92 bits per heavy atom. The maximum absolute atomic E-state index is 10.3. The fraction of sp³-hybridized carbons (Fsp3) is 0.222. The fourth-order valence-electron chi connectivity index (χ4n) is 0.751. The first-order chi connectivity index (χ1) is 5.70. The molecule has 0 unspecified atom stereocenters. The van der Waals surface area contributed by atoms with Crippen molar-refractivity contribution in [2.45, 2.75) is 13.0 Å². The number of para-hydroxylation sites is 1. The van der Waals surface area contributed by atoms with Gasteiger partial charge in [-0.25, -0.2) is 0 Å². The minimum absolute atomic E-state index is 0. The summed E-state index contributed by atoms with van der Waals surface area (Å²) in [6, 6.07) is 8.77. The Morgan fingerprint density at radius 3 is 2.38 bits per heavy atom. The van der Waals surface area contributed by atoms with Gasteiger partial charge in [-0.1, -0.05) is 18.2 Å². The predicted octanol–water partition coefficient (Wildman–Crippen LogP) is -2.79. The molecular formula is C9H9NaO3. The summed E-state index contributed by atoms with van der Waals surface area (Å²) in [5.41, 5.74) is 0.